The van der Waals surface area contributed by atoms with Gasteiger partial charge in [0.1, 0.15) is 11.9 Å². The van der Waals surface area contributed by atoms with E-state index in [9.17, 15) is 13.7 Å². The number of pyridine rings is 1. The van der Waals surface area contributed by atoms with E-state index >= 15 is 0 Å². The van der Waals surface area contributed by atoms with Crippen molar-refractivity contribution in [3.05, 3.63) is 41.5 Å². The van der Waals surface area contributed by atoms with Crippen LogP contribution >= 0.6 is 0 Å². The Balaban J connectivity index is 1.82. The van der Waals surface area contributed by atoms with Gasteiger partial charge >= 0.3 is 0 Å². The number of rotatable bonds is 3. The molecule has 0 aliphatic carbocycles. The van der Waals surface area contributed by atoms with Gasteiger partial charge in [0.2, 0.25) is 10.0 Å². The van der Waals surface area contributed by atoms with Gasteiger partial charge in [0.25, 0.3) is 0 Å². The standard InChI is InChI=1S/C19H21N5O2S/c1-3-27(25,26)23-10-8-22(9-11-23)18-12-14(2)15(13-20)19-21-16-6-4-5-7-17(16)24(18)19/h4-7,12H,3,8-11H2,1-2H3. The highest BCUT2D eigenvalue weighted by atomic mass is 32.2. The van der Waals surface area contributed by atoms with Crippen molar-refractivity contribution in [1.82, 2.24) is 13.7 Å². The fraction of sp³-hybridized carbons (Fsp3) is 0.368. The van der Waals surface area contributed by atoms with Gasteiger partial charge in [-0.2, -0.15) is 9.57 Å². The zero-order chi connectivity index (χ0) is 19.2. The highest BCUT2D eigenvalue weighted by molar-refractivity contribution is 7.89. The topological polar surface area (TPSA) is 81.7 Å². The van der Waals surface area contributed by atoms with Gasteiger partial charge in [0, 0.05) is 26.2 Å². The highest BCUT2D eigenvalue weighted by Gasteiger charge is 2.27. The summed E-state index contributed by atoms with van der Waals surface area (Å²) in [5.74, 6) is 1.07. The quantitative estimate of drug-likeness (QED) is 0.692. The number of nitriles is 1. The molecular formula is C19H21N5O2S. The molecule has 1 aliphatic heterocycles. The molecule has 140 valence electrons. The molecule has 0 spiro atoms. The van der Waals surface area contributed by atoms with Crippen molar-refractivity contribution in [3.63, 3.8) is 0 Å². The number of hydrogen-bond acceptors (Lipinski definition) is 5. The summed E-state index contributed by atoms with van der Waals surface area (Å²) in [5, 5.41) is 9.60. The number of nitrogens with zero attached hydrogens (tertiary/aromatic N) is 5. The number of sulfonamides is 1. The fourth-order valence-electron chi connectivity index (χ4n) is 3.68. The van der Waals surface area contributed by atoms with Gasteiger partial charge < -0.3 is 4.90 Å². The Morgan fingerprint density at radius 2 is 1.89 bits per heavy atom. The molecule has 0 bridgehead atoms. The average molecular weight is 383 g/mol. The third-order valence-electron chi connectivity index (χ3n) is 5.19. The van der Waals surface area contributed by atoms with E-state index in [1.54, 1.807) is 11.2 Å². The lowest BCUT2D eigenvalue weighted by molar-refractivity contribution is 0.384. The van der Waals surface area contributed by atoms with Gasteiger partial charge in [-0.25, -0.2) is 13.4 Å². The van der Waals surface area contributed by atoms with E-state index in [-0.39, 0.29) is 5.75 Å². The summed E-state index contributed by atoms with van der Waals surface area (Å²) in [6, 6.07) is 12.1. The van der Waals surface area contributed by atoms with Crippen LogP contribution in [0.1, 0.15) is 18.1 Å². The lowest BCUT2D eigenvalue weighted by Crippen LogP contribution is -2.49. The number of benzene rings is 1. The Morgan fingerprint density at radius 3 is 2.56 bits per heavy atom. The minimum Gasteiger partial charge on any atom is -0.355 e. The smallest absolute Gasteiger partial charge is 0.213 e. The third-order valence-corrected chi connectivity index (χ3v) is 7.07. The number of fused-ring (bicyclic) bond motifs is 3. The molecule has 0 N–H and O–H groups in total. The number of para-hydroxylation sites is 2. The molecule has 0 atom stereocenters. The van der Waals surface area contributed by atoms with Gasteiger partial charge in [0.05, 0.1) is 22.3 Å². The highest BCUT2D eigenvalue weighted by Crippen LogP contribution is 2.29. The zero-order valence-corrected chi connectivity index (χ0v) is 16.2. The SMILES string of the molecule is CCS(=O)(=O)N1CCN(c2cc(C)c(C#N)c3nc4ccccc4n23)CC1. The second-order valence-electron chi connectivity index (χ2n) is 6.72. The van der Waals surface area contributed by atoms with Crippen molar-refractivity contribution in [2.45, 2.75) is 13.8 Å². The lowest BCUT2D eigenvalue weighted by atomic mass is 10.1. The van der Waals surface area contributed by atoms with E-state index in [1.807, 2.05) is 41.7 Å². The molecule has 7 nitrogen and oxygen atoms in total. The van der Waals surface area contributed by atoms with Crippen LogP contribution in [0.4, 0.5) is 5.82 Å². The summed E-state index contributed by atoms with van der Waals surface area (Å²) in [4.78, 5) is 6.85. The molecule has 1 fully saturated rings. The van der Waals surface area contributed by atoms with Crippen LogP contribution < -0.4 is 4.90 Å². The first-order valence-corrected chi connectivity index (χ1v) is 10.6. The van der Waals surface area contributed by atoms with Gasteiger partial charge in [-0.15, -0.1) is 0 Å². The van der Waals surface area contributed by atoms with Crippen LogP contribution in [0.3, 0.4) is 0 Å². The number of imidazole rings is 1. The summed E-state index contributed by atoms with van der Waals surface area (Å²) in [7, 11) is -3.17. The minimum atomic E-state index is -3.17. The fourth-order valence-corrected chi connectivity index (χ4v) is 4.77. The van der Waals surface area contributed by atoms with E-state index < -0.39 is 10.0 Å². The number of hydrogen-bond donors (Lipinski definition) is 0. The number of aryl methyl sites for hydroxylation is 1. The Hall–Kier alpha value is -2.63. The second-order valence-corrected chi connectivity index (χ2v) is 8.98. The predicted octanol–water partition coefficient (Wildman–Crippen LogP) is 2.14. The number of piperazine rings is 1. The molecule has 3 aromatic rings. The van der Waals surface area contributed by atoms with Crippen LogP contribution in [0.15, 0.2) is 30.3 Å². The van der Waals surface area contributed by atoms with E-state index in [1.165, 1.54) is 0 Å². The average Bonchev–Trinajstić information content (AvgIpc) is 3.06. The molecule has 1 saturated heterocycles. The summed E-state index contributed by atoms with van der Waals surface area (Å²) < 4.78 is 27.9. The first-order chi connectivity index (χ1) is 13.0. The van der Waals surface area contributed by atoms with E-state index in [0.29, 0.717) is 37.4 Å². The Labute approximate surface area is 158 Å². The number of anilines is 1. The molecule has 0 amide bonds. The molecule has 3 heterocycles. The van der Waals surface area contributed by atoms with Gasteiger partial charge in [-0.3, -0.25) is 4.40 Å². The van der Waals surface area contributed by atoms with Crippen LogP contribution in [0.25, 0.3) is 16.7 Å². The molecule has 1 aliphatic rings. The van der Waals surface area contributed by atoms with Crippen LogP contribution in [0.5, 0.6) is 0 Å². The summed E-state index contributed by atoms with van der Waals surface area (Å²) in [5.41, 5.74) is 3.88. The van der Waals surface area contributed by atoms with Crippen LogP contribution in [-0.4, -0.2) is 54.0 Å². The maximum absolute atomic E-state index is 12.1. The minimum absolute atomic E-state index is 0.124. The first-order valence-electron chi connectivity index (χ1n) is 9.00. The lowest BCUT2D eigenvalue weighted by Gasteiger charge is -2.35. The van der Waals surface area contributed by atoms with Crippen LogP contribution in [-0.2, 0) is 10.0 Å². The van der Waals surface area contributed by atoms with Crippen molar-refractivity contribution in [3.8, 4) is 6.07 Å². The zero-order valence-electron chi connectivity index (χ0n) is 15.4. The third kappa shape index (κ3) is 2.83. The van der Waals surface area contributed by atoms with Gasteiger partial charge in [-0.1, -0.05) is 12.1 Å². The molecule has 27 heavy (non-hydrogen) atoms. The predicted molar refractivity (Wildman–Crippen MR) is 105 cm³/mol. The molecule has 4 rings (SSSR count). The van der Waals surface area contributed by atoms with Crippen molar-refractivity contribution in [1.29, 1.82) is 5.26 Å². The maximum atomic E-state index is 12.1. The van der Waals surface area contributed by atoms with Crippen molar-refractivity contribution < 1.29 is 8.42 Å². The molecule has 1 aromatic carbocycles. The largest absolute Gasteiger partial charge is 0.355 e. The molecule has 8 heteroatoms. The van der Waals surface area contributed by atoms with Crippen LogP contribution in [0, 0.1) is 18.3 Å². The Kier molecular flexibility index (Phi) is 4.29. The van der Waals surface area contributed by atoms with E-state index in [4.69, 9.17) is 0 Å². The monoisotopic (exact) mass is 383 g/mol. The normalized spacial score (nSPS) is 16.1. The Bertz CT molecular complexity index is 1170. The van der Waals surface area contributed by atoms with Gasteiger partial charge in [-0.05, 0) is 37.6 Å². The van der Waals surface area contributed by atoms with E-state index in [2.05, 4.69) is 16.0 Å². The van der Waals surface area contributed by atoms with Gasteiger partial charge in [0.15, 0.2) is 5.65 Å². The van der Waals surface area contributed by atoms with Crippen molar-refractivity contribution in [2.24, 2.45) is 0 Å². The molecule has 0 saturated carbocycles. The van der Waals surface area contributed by atoms with E-state index in [0.717, 1.165) is 22.4 Å². The maximum Gasteiger partial charge on any atom is 0.213 e. The summed E-state index contributed by atoms with van der Waals surface area (Å²) in [6.07, 6.45) is 0. The summed E-state index contributed by atoms with van der Waals surface area (Å²) >= 11 is 0. The van der Waals surface area contributed by atoms with Crippen LogP contribution in [0.2, 0.25) is 0 Å². The first kappa shape index (κ1) is 17.8. The van der Waals surface area contributed by atoms with Crippen molar-refractivity contribution >= 4 is 32.5 Å². The molecule has 2 aromatic heterocycles. The number of aromatic nitrogens is 2. The second kappa shape index (κ2) is 6.51. The molecule has 0 unspecified atom stereocenters. The Morgan fingerprint density at radius 1 is 1.19 bits per heavy atom. The van der Waals surface area contributed by atoms with Crippen molar-refractivity contribution in [2.75, 3.05) is 36.8 Å². The molecule has 0 radical (unpaired) electrons. The summed E-state index contributed by atoms with van der Waals surface area (Å²) in [6.45, 7) is 5.72. The molecular weight excluding hydrogens is 362 g/mol.